The zero-order valence-electron chi connectivity index (χ0n) is 24.5. The van der Waals surface area contributed by atoms with Crippen molar-refractivity contribution in [3.63, 3.8) is 0 Å². The van der Waals surface area contributed by atoms with Gasteiger partial charge in [-0.05, 0) is 83.3 Å². The molecule has 1 N–H and O–H groups in total. The Morgan fingerprint density at radius 2 is 1.72 bits per heavy atom. The van der Waals surface area contributed by atoms with Crippen LogP contribution in [0.4, 0.5) is 0 Å². The summed E-state index contributed by atoms with van der Waals surface area (Å²) in [5.74, 6) is 2.14. The molecule has 3 heterocycles. The highest BCUT2D eigenvalue weighted by atomic mass is 16.5. The minimum atomic E-state index is -0.578. The summed E-state index contributed by atoms with van der Waals surface area (Å²) in [4.78, 5) is 19.3. The van der Waals surface area contributed by atoms with Crippen LogP contribution in [0.1, 0.15) is 45.4 Å². The molecule has 0 spiro atoms. The highest BCUT2D eigenvalue weighted by Gasteiger charge is 2.31. The fourth-order valence-electron chi connectivity index (χ4n) is 5.55. The molecule has 9 heteroatoms. The van der Waals surface area contributed by atoms with Gasteiger partial charge in [0.1, 0.15) is 17.6 Å². The number of aromatic amines is 1. The number of ether oxygens (including phenoxy) is 1. The van der Waals surface area contributed by atoms with Crippen LogP contribution in [0.2, 0.25) is 0 Å². The number of H-pyrrole nitrogens is 1. The molecule has 218 valence electrons. The number of aromatic nitrogens is 5. The summed E-state index contributed by atoms with van der Waals surface area (Å²) in [6, 6.07) is 27.5. The number of nitrogens with one attached hydrogen (secondary N) is 1. The largest absolute Gasteiger partial charge is 0.497 e. The predicted octanol–water partition coefficient (Wildman–Crippen LogP) is 5.77. The number of hydrogen-bond acceptors (Lipinski definition) is 7. The van der Waals surface area contributed by atoms with Crippen LogP contribution in [0.3, 0.4) is 0 Å². The van der Waals surface area contributed by atoms with E-state index >= 15 is 0 Å². The van der Waals surface area contributed by atoms with Gasteiger partial charge in [-0.2, -0.15) is 0 Å². The Morgan fingerprint density at radius 1 is 0.930 bits per heavy atom. The summed E-state index contributed by atoms with van der Waals surface area (Å²) in [5, 5.41) is 14.0. The molecule has 0 aliphatic rings. The smallest absolute Gasteiger partial charge is 0.253 e. The number of methoxy groups -OCH3 is 1. The van der Waals surface area contributed by atoms with Crippen LogP contribution in [0.25, 0.3) is 10.9 Å². The summed E-state index contributed by atoms with van der Waals surface area (Å²) in [7, 11) is 1.65. The molecule has 0 radical (unpaired) electrons. The van der Waals surface area contributed by atoms with Crippen molar-refractivity contribution in [3.05, 3.63) is 141 Å². The molecule has 0 saturated heterocycles. The van der Waals surface area contributed by atoms with Crippen LogP contribution in [0.15, 0.2) is 100 Å². The van der Waals surface area contributed by atoms with Gasteiger partial charge in [-0.3, -0.25) is 9.69 Å². The molecule has 0 fully saturated rings. The van der Waals surface area contributed by atoms with Crippen molar-refractivity contribution in [2.24, 2.45) is 0 Å². The van der Waals surface area contributed by atoms with Crippen LogP contribution < -0.4 is 10.3 Å². The van der Waals surface area contributed by atoms with E-state index in [4.69, 9.17) is 9.15 Å². The number of hydrogen-bond donors (Lipinski definition) is 1. The van der Waals surface area contributed by atoms with Crippen LogP contribution in [-0.2, 0) is 26.1 Å². The van der Waals surface area contributed by atoms with Gasteiger partial charge in [-0.25, -0.2) is 4.68 Å². The Bertz CT molecular complexity index is 1860. The van der Waals surface area contributed by atoms with Gasteiger partial charge in [0.05, 0.1) is 25.4 Å². The highest BCUT2D eigenvalue weighted by molar-refractivity contribution is 5.85. The van der Waals surface area contributed by atoms with E-state index in [1.165, 1.54) is 5.56 Å². The molecule has 1 unspecified atom stereocenters. The van der Waals surface area contributed by atoms with Gasteiger partial charge in [-0.15, -0.1) is 5.10 Å². The standard InChI is InChI=1S/C34H34N6O3/c1-23-11-12-24(2)31-29(23)20-30(34(41)35-31)32(33-36-37-38-40(33)18-17-25-8-5-4-6-9-25)39(22-28-10-7-19-43-28)21-26-13-15-27(42-3)16-14-26/h4-16,19-20,32H,17-18,21-22H2,1-3H3,(H,35,41). The van der Waals surface area contributed by atoms with E-state index in [2.05, 4.69) is 50.5 Å². The quantitative estimate of drug-likeness (QED) is 0.210. The van der Waals surface area contributed by atoms with Crippen molar-refractivity contribution in [1.29, 1.82) is 0 Å². The monoisotopic (exact) mass is 574 g/mol. The van der Waals surface area contributed by atoms with Crippen molar-refractivity contribution in [1.82, 2.24) is 30.1 Å². The number of nitrogens with zero attached hydrogens (tertiary/aromatic N) is 5. The maximum Gasteiger partial charge on any atom is 0.253 e. The third kappa shape index (κ3) is 6.12. The van der Waals surface area contributed by atoms with E-state index < -0.39 is 6.04 Å². The number of aryl methyl sites for hydroxylation is 4. The first-order valence-electron chi connectivity index (χ1n) is 14.3. The first-order valence-corrected chi connectivity index (χ1v) is 14.3. The summed E-state index contributed by atoms with van der Waals surface area (Å²) < 4.78 is 13.0. The number of fused-ring (bicyclic) bond motifs is 1. The Balaban J connectivity index is 1.49. The average molecular weight is 575 g/mol. The molecule has 43 heavy (non-hydrogen) atoms. The van der Waals surface area contributed by atoms with Gasteiger partial charge in [0.2, 0.25) is 0 Å². The minimum absolute atomic E-state index is 0.178. The lowest BCUT2D eigenvalue weighted by atomic mass is 9.99. The SMILES string of the molecule is COc1ccc(CN(Cc2ccco2)C(c2cc3c(C)ccc(C)c3[nH]c2=O)c2nnnn2CCc2ccccc2)cc1. The van der Waals surface area contributed by atoms with Crippen LogP contribution >= 0.6 is 0 Å². The molecule has 0 saturated carbocycles. The highest BCUT2D eigenvalue weighted by Crippen LogP contribution is 2.31. The van der Waals surface area contributed by atoms with Crippen molar-refractivity contribution < 1.29 is 9.15 Å². The van der Waals surface area contributed by atoms with Gasteiger partial charge in [-0.1, -0.05) is 54.6 Å². The molecule has 9 nitrogen and oxygen atoms in total. The third-order valence-corrected chi connectivity index (χ3v) is 7.88. The lowest BCUT2D eigenvalue weighted by Gasteiger charge is -2.30. The maximum atomic E-state index is 14.0. The van der Waals surface area contributed by atoms with Gasteiger partial charge < -0.3 is 14.1 Å². The van der Waals surface area contributed by atoms with Gasteiger partial charge in [0.15, 0.2) is 5.82 Å². The lowest BCUT2D eigenvalue weighted by Crippen LogP contribution is -2.35. The lowest BCUT2D eigenvalue weighted by molar-refractivity contribution is 0.178. The number of rotatable bonds is 11. The Labute approximate surface area is 249 Å². The summed E-state index contributed by atoms with van der Waals surface area (Å²) in [6.07, 6.45) is 2.41. The summed E-state index contributed by atoms with van der Waals surface area (Å²) in [6.45, 7) is 5.56. The molecule has 0 amide bonds. The molecule has 3 aromatic carbocycles. The van der Waals surface area contributed by atoms with E-state index in [1.54, 1.807) is 13.4 Å². The Morgan fingerprint density at radius 3 is 2.47 bits per heavy atom. The molecule has 0 bridgehead atoms. The van der Waals surface area contributed by atoms with Crippen molar-refractivity contribution >= 4 is 10.9 Å². The number of furan rings is 1. The molecule has 0 aliphatic carbocycles. The molecule has 0 aliphatic heterocycles. The first kappa shape index (κ1) is 28.1. The van der Waals surface area contributed by atoms with Crippen LogP contribution in [-0.4, -0.2) is 37.2 Å². The molecule has 6 rings (SSSR count). The van der Waals surface area contributed by atoms with Crippen molar-refractivity contribution in [2.45, 2.75) is 45.9 Å². The topological polar surface area (TPSA) is 102 Å². The Kier molecular flexibility index (Phi) is 8.15. The number of tetrazole rings is 1. The fraction of sp³-hybridized carbons (Fsp3) is 0.235. The molecule has 6 aromatic rings. The van der Waals surface area contributed by atoms with Gasteiger partial charge >= 0.3 is 0 Å². The molecular weight excluding hydrogens is 540 g/mol. The number of benzene rings is 3. The van der Waals surface area contributed by atoms with E-state index in [0.29, 0.717) is 31.0 Å². The zero-order chi connectivity index (χ0) is 29.8. The molecular formula is C34H34N6O3. The second kappa shape index (κ2) is 12.5. The maximum absolute atomic E-state index is 14.0. The van der Waals surface area contributed by atoms with Gasteiger partial charge in [0.25, 0.3) is 5.56 Å². The second-order valence-electron chi connectivity index (χ2n) is 10.8. The van der Waals surface area contributed by atoms with E-state index in [1.807, 2.05) is 78.3 Å². The predicted molar refractivity (Wildman–Crippen MR) is 165 cm³/mol. The first-order chi connectivity index (χ1) is 21.0. The molecule has 1 atom stereocenters. The minimum Gasteiger partial charge on any atom is -0.497 e. The summed E-state index contributed by atoms with van der Waals surface area (Å²) in [5.41, 5.74) is 5.54. The van der Waals surface area contributed by atoms with E-state index in [-0.39, 0.29) is 5.56 Å². The second-order valence-corrected chi connectivity index (χ2v) is 10.8. The summed E-state index contributed by atoms with van der Waals surface area (Å²) >= 11 is 0. The van der Waals surface area contributed by atoms with Crippen LogP contribution in [0.5, 0.6) is 5.75 Å². The van der Waals surface area contributed by atoms with Crippen molar-refractivity contribution in [3.8, 4) is 5.75 Å². The normalized spacial score (nSPS) is 12.2. The van der Waals surface area contributed by atoms with Crippen molar-refractivity contribution in [2.75, 3.05) is 7.11 Å². The Hall–Kier alpha value is -5.02. The average Bonchev–Trinajstić information content (AvgIpc) is 3.72. The fourth-order valence-corrected chi connectivity index (χ4v) is 5.55. The van der Waals surface area contributed by atoms with E-state index in [0.717, 1.165) is 45.5 Å². The number of pyridine rings is 1. The third-order valence-electron chi connectivity index (χ3n) is 7.88. The van der Waals surface area contributed by atoms with E-state index in [9.17, 15) is 4.79 Å². The molecule has 3 aromatic heterocycles. The van der Waals surface area contributed by atoms with Gasteiger partial charge in [0, 0.05) is 24.0 Å². The van der Waals surface area contributed by atoms with Crippen LogP contribution in [0, 0.1) is 13.8 Å². The zero-order valence-corrected chi connectivity index (χ0v) is 24.5.